The third-order valence-corrected chi connectivity index (χ3v) is 8.93. The summed E-state index contributed by atoms with van der Waals surface area (Å²) in [7, 11) is 0. The fourth-order valence-electron chi connectivity index (χ4n) is 6.92. The number of allylic oxidation sites excluding steroid dienone is 4. The van der Waals surface area contributed by atoms with Crippen molar-refractivity contribution in [2.75, 3.05) is 0 Å². The number of pyridine rings is 2. The lowest BCUT2D eigenvalue weighted by molar-refractivity contribution is 0.935. The van der Waals surface area contributed by atoms with Crippen molar-refractivity contribution in [3.63, 3.8) is 0 Å². The van der Waals surface area contributed by atoms with Gasteiger partial charge in [0.25, 0.3) is 0 Å². The highest BCUT2D eigenvalue weighted by Gasteiger charge is 2.22. The van der Waals surface area contributed by atoms with Crippen molar-refractivity contribution in [1.29, 1.82) is 0 Å². The van der Waals surface area contributed by atoms with E-state index in [9.17, 15) is 0 Å². The molecule has 2 heteroatoms. The zero-order chi connectivity index (χ0) is 26.9. The van der Waals surface area contributed by atoms with E-state index in [-0.39, 0.29) is 0 Å². The van der Waals surface area contributed by atoms with Gasteiger partial charge in [-0.05, 0) is 77.2 Å². The molecular weight excluding hydrogens is 496 g/mol. The van der Waals surface area contributed by atoms with Gasteiger partial charge < -0.3 is 0 Å². The number of hydrogen-bond acceptors (Lipinski definition) is 2. The van der Waals surface area contributed by atoms with Crippen molar-refractivity contribution < 1.29 is 0 Å². The summed E-state index contributed by atoms with van der Waals surface area (Å²) in [5, 5.41) is 5.88. The van der Waals surface area contributed by atoms with Crippen LogP contribution in [-0.4, -0.2) is 9.97 Å². The highest BCUT2D eigenvalue weighted by atomic mass is 14.7. The van der Waals surface area contributed by atoms with Crippen LogP contribution in [0.3, 0.4) is 0 Å². The van der Waals surface area contributed by atoms with Gasteiger partial charge in [0.15, 0.2) is 0 Å². The highest BCUT2D eigenvalue weighted by molar-refractivity contribution is 6.17. The fraction of sp³-hybridized carbons (Fsp3) is 0.0769. The normalized spacial score (nSPS) is 14.3. The van der Waals surface area contributed by atoms with Gasteiger partial charge in [-0.25, -0.2) is 9.97 Å². The minimum Gasteiger partial charge on any atom is -0.248 e. The minimum absolute atomic E-state index is 1.01. The predicted molar refractivity (Wildman–Crippen MR) is 172 cm³/mol. The Morgan fingerprint density at radius 2 is 1.44 bits per heavy atom. The van der Waals surface area contributed by atoms with Crippen LogP contribution in [0, 0.1) is 0 Å². The molecule has 2 aliphatic carbocycles. The summed E-state index contributed by atoms with van der Waals surface area (Å²) < 4.78 is 0. The molecule has 0 bridgehead atoms. The molecule has 0 fully saturated rings. The molecule has 41 heavy (non-hydrogen) atoms. The molecule has 0 saturated heterocycles. The average molecular weight is 523 g/mol. The molecule has 2 nitrogen and oxygen atoms in total. The van der Waals surface area contributed by atoms with E-state index in [4.69, 9.17) is 9.97 Å². The van der Waals surface area contributed by atoms with Crippen molar-refractivity contribution in [1.82, 2.24) is 9.97 Å². The fourth-order valence-corrected chi connectivity index (χ4v) is 6.92. The number of para-hydroxylation sites is 1. The van der Waals surface area contributed by atoms with E-state index in [2.05, 4.69) is 121 Å². The molecule has 192 valence electrons. The second-order valence-electron chi connectivity index (χ2n) is 11.3. The first-order chi connectivity index (χ1) is 20.3. The zero-order valence-corrected chi connectivity index (χ0v) is 22.6. The highest BCUT2D eigenvalue weighted by Crippen LogP contribution is 2.41. The molecule has 0 radical (unpaired) electrons. The monoisotopic (exact) mass is 522 g/mol. The van der Waals surface area contributed by atoms with Gasteiger partial charge in [-0.1, -0.05) is 96.6 Å². The maximum absolute atomic E-state index is 5.13. The predicted octanol–water partition coefficient (Wildman–Crippen LogP) is 10.1. The number of rotatable bonds is 2. The van der Waals surface area contributed by atoms with Crippen LogP contribution in [0.15, 0.2) is 127 Å². The molecule has 2 heterocycles. The Bertz CT molecular complexity index is 2290. The summed E-state index contributed by atoms with van der Waals surface area (Å²) in [6.45, 7) is 0. The van der Waals surface area contributed by atoms with Gasteiger partial charge in [-0.3, -0.25) is 0 Å². The van der Waals surface area contributed by atoms with E-state index in [0.29, 0.717) is 0 Å². The zero-order valence-electron chi connectivity index (χ0n) is 22.6. The molecule has 0 atom stereocenters. The summed E-state index contributed by atoms with van der Waals surface area (Å²) in [6, 6.07) is 39.4. The molecule has 7 aromatic rings. The van der Waals surface area contributed by atoms with E-state index in [1.807, 2.05) is 0 Å². The van der Waals surface area contributed by atoms with Gasteiger partial charge in [0.2, 0.25) is 0 Å². The molecule has 2 aliphatic rings. The number of hydrogen-bond donors (Lipinski definition) is 0. The Morgan fingerprint density at radius 3 is 2.41 bits per heavy atom. The summed E-state index contributed by atoms with van der Waals surface area (Å²) in [6.07, 6.45) is 8.07. The molecule has 0 N–H and O–H groups in total. The molecule has 0 spiro atoms. The van der Waals surface area contributed by atoms with Gasteiger partial charge in [-0.2, -0.15) is 0 Å². The van der Waals surface area contributed by atoms with Crippen molar-refractivity contribution in [3.05, 3.63) is 138 Å². The summed E-state index contributed by atoms with van der Waals surface area (Å²) in [5.74, 6) is 0. The quantitative estimate of drug-likeness (QED) is 0.167. The van der Waals surface area contributed by atoms with Crippen LogP contribution < -0.4 is 0 Å². The van der Waals surface area contributed by atoms with Crippen LogP contribution in [0.2, 0.25) is 0 Å². The summed E-state index contributed by atoms with van der Waals surface area (Å²) in [4.78, 5) is 10.3. The smallest absolute Gasteiger partial charge is 0.0794 e. The van der Waals surface area contributed by atoms with Crippen molar-refractivity contribution in [3.8, 4) is 22.4 Å². The molecule has 5 aromatic carbocycles. The first-order valence-electron chi connectivity index (χ1n) is 14.4. The van der Waals surface area contributed by atoms with E-state index in [0.717, 1.165) is 40.5 Å². The maximum atomic E-state index is 5.13. The lowest BCUT2D eigenvalue weighted by atomic mass is 9.93. The third kappa shape index (κ3) is 3.50. The SMILES string of the molecule is C1=CC2=C(CC1)Cc1ccc(-c3ccc4cc(-c5c6ccccc6nc6c5ccc5ccccc56)ccc4n3)cc12. The maximum Gasteiger partial charge on any atom is 0.0794 e. The van der Waals surface area contributed by atoms with Gasteiger partial charge in [0.1, 0.15) is 0 Å². The second kappa shape index (κ2) is 8.71. The van der Waals surface area contributed by atoms with Crippen molar-refractivity contribution in [2.24, 2.45) is 0 Å². The van der Waals surface area contributed by atoms with Crippen LogP contribution >= 0.6 is 0 Å². The molecule has 0 aliphatic heterocycles. The Morgan fingerprint density at radius 1 is 0.585 bits per heavy atom. The van der Waals surface area contributed by atoms with Gasteiger partial charge >= 0.3 is 0 Å². The molecule has 0 amide bonds. The second-order valence-corrected chi connectivity index (χ2v) is 11.3. The van der Waals surface area contributed by atoms with Crippen LogP contribution in [0.1, 0.15) is 24.0 Å². The van der Waals surface area contributed by atoms with Crippen LogP contribution in [0.4, 0.5) is 0 Å². The van der Waals surface area contributed by atoms with Crippen LogP contribution in [0.5, 0.6) is 0 Å². The lowest BCUT2D eigenvalue weighted by Crippen LogP contribution is -1.92. The minimum atomic E-state index is 1.01. The first kappa shape index (κ1) is 22.7. The Labute approximate surface area is 238 Å². The average Bonchev–Trinajstić information content (AvgIpc) is 3.41. The Hall–Kier alpha value is -5.08. The lowest BCUT2D eigenvalue weighted by Gasteiger charge is -2.14. The number of fused-ring (bicyclic) bond motifs is 7. The van der Waals surface area contributed by atoms with Crippen LogP contribution in [0.25, 0.3) is 71.4 Å². The Balaban J connectivity index is 1.19. The molecule has 9 rings (SSSR count). The van der Waals surface area contributed by atoms with E-state index >= 15 is 0 Å². The van der Waals surface area contributed by atoms with E-state index in [1.165, 1.54) is 61.4 Å². The number of aromatic nitrogens is 2. The van der Waals surface area contributed by atoms with Gasteiger partial charge in [0, 0.05) is 32.7 Å². The standard InChI is InChI=1S/C39H26N2/c1-4-10-31-24(7-1)15-18-33-38(32-11-5-6-12-37(32)41-39(31)33)29-17-20-35-27(22-29)16-19-36(40-35)28-14-13-26-21-25-8-2-3-9-30(25)34(26)23-28/h1,3-7,9-20,22-23H,2,8,21H2. The summed E-state index contributed by atoms with van der Waals surface area (Å²) in [5.41, 5.74) is 13.5. The summed E-state index contributed by atoms with van der Waals surface area (Å²) >= 11 is 0. The third-order valence-electron chi connectivity index (χ3n) is 8.93. The van der Waals surface area contributed by atoms with Gasteiger partial charge in [0.05, 0.1) is 22.2 Å². The topological polar surface area (TPSA) is 25.8 Å². The van der Waals surface area contributed by atoms with Crippen LogP contribution in [-0.2, 0) is 6.42 Å². The van der Waals surface area contributed by atoms with Crippen molar-refractivity contribution in [2.45, 2.75) is 19.3 Å². The number of nitrogens with zero attached hydrogens (tertiary/aromatic N) is 2. The largest absolute Gasteiger partial charge is 0.248 e. The number of benzene rings is 5. The van der Waals surface area contributed by atoms with Gasteiger partial charge in [-0.15, -0.1) is 0 Å². The molecule has 0 saturated carbocycles. The molecule has 0 unspecified atom stereocenters. The molecular formula is C39H26N2. The first-order valence-corrected chi connectivity index (χ1v) is 14.4. The van der Waals surface area contributed by atoms with E-state index in [1.54, 1.807) is 5.57 Å². The Kier molecular flexibility index (Phi) is 4.82. The molecule has 2 aromatic heterocycles. The van der Waals surface area contributed by atoms with Crippen molar-refractivity contribution >= 4 is 49.1 Å². The van der Waals surface area contributed by atoms with E-state index < -0.39 is 0 Å².